The minimum absolute atomic E-state index is 0.0760. The number of sulfone groups is 1. The van der Waals surface area contributed by atoms with E-state index in [0.29, 0.717) is 5.56 Å². The van der Waals surface area contributed by atoms with Crippen molar-refractivity contribution in [2.45, 2.75) is 10.6 Å². The molecule has 0 unspecified atom stereocenters. The maximum atomic E-state index is 12.4. The molecule has 2 aromatic rings. The van der Waals surface area contributed by atoms with Gasteiger partial charge in [0.05, 0.1) is 15.8 Å². The first-order valence-electron chi connectivity index (χ1n) is 5.46. The summed E-state index contributed by atoms with van der Waals surface area (Å²) in [5, 5.41) is 8.91. The first kappa shape index (κ1) is 14.8. The van der Waals surface area contributed by atoms with E-state index in [0.717, 1.165) is 0 Å². The normalized spacial score (nSPS) is 11.1. The molecule has 0 aliphatic heterocycles. The van der Waals surface area contributed by atoms with Crippen LogP contribution in [0, 0.1) is 11.3 Å². The maximum absolute atomic E-state index is 12.4. The number of benzene rings is 1. The Morgan fingerprint density at radius 1 is 1.20 bits per heavy atom. The Morgan fingerprint density at radius 3 is 2.45 bits per heavy atom. The summed E-state index contributed by atoms with van der Waals surface area (Å²) < 4.78 is 24.7. The third-order valence-electron chi connectivity index (χ3n) is 2.53. The standard InChI is InChI=1S/C13H8Cl2N2O2S/c14-11-2-1-3-12(15)13(11)20(18,19)8-9-4-5-17-10(6-9)7-16/h1-6H,8H2. The molecule has 0 aliphatic rings. The lowest BCUT2D eigenvalue weighted by molar-refractivity contribution is 0.595. The monoisotopic (exact) mass is 326 g/mol. The van der Waals surface area contributed by atoms with Crippen molar-refractivity contribution < 1.29 is 8.42 Å². The van der Waals surface area contributed by atoms with Crippen LogP contribution in [0.15, 0.2) is 41.4 Å². The van der Waals surface area contributed by atoms with Gasteiger partial charge in [-0.3, -0.25) is 0 Å². The highest BCUT2D eigenvalue weighted by molar-refractivity contribution is 7.90. The first-order valence-corrected chi connectivity index (χ1v) is 7.86. The molecule has 102 valence electrons. The van der Waals surface area contributed by atoms with E-state index in [1.54, 1.807) is 6.07 Å². The van der Waals surface area contributed by atoms with E-state index >= 15 is 0 Å². The van der Waals surface area contributed by atoms with Gasteiger partial charge >= 0.3 is 0 Å². The van der Waals surface area contributed by atoms with Gasteiger partial charge < -0.3 is 0 Å². The Hall–Kier alpha value is -1.61. The van der Waals surface area contributed by atoms with Gasteiger partial charge in [-0.15, -0.1) is 0 Å². The van der Waals surface area contributed by atoms with Crippen molar-refractivity contribution >= 4 is 33.0 Å². The Bertz CT molecular complexity index is 778. The molecule has 1 heterocycles. The van der Waals surface area contributed by atoms with E-state index in [4.69, 9.17) is 28.5 Å². The average Bonchev–Trinajstić information content (AvgIpc) is 2.37. The van der Waals surface area contributed by atoms with Gasteiger partial charge in [0.25, 0.3) is 0 Å². The maximum Gasteiger partial charge on any atom is 0.185 e. The Kier molecular flexibility index (Phi) is 4.29. The van der Waals surface area contributed by atoms with Gasteiger partial charge in [0.15, 0.2) is 9.84 Å². The zero-order chi connectivity index (χ0) is 14.8. The molecule has 0 amide bonds. The van der Waals surface area contributed by atoms with Crippen LogP contribution in [0.2, 0.25) is 10.0 Å². The molecule has 4 nitrogen and oxygen atoms in total. The van der Waals surface area contributed by atoms with Gasteiger partial charge in [-0.1, -0.05) is 29.3 Å². The van der Waals surface area contributed by atoms with Crippen molar-refractivity contribution in [3.8, 4) is 6.07 Å². The SMILES string of the molecule is N#Cc1cc(CS(=O)(=O)c2c(Cl)cccc2Cl)ccn1. The minimum atomic E-state index is -3.70. The first-order chi connectivity index (χ1) is 9.44. The van der Waals surface area contributed by atoms with Crippen LogP contribution in [-0.2, 0) is 15.6 Å². The van der Waals surface area contributed by atoms with Crippen LogP contribution in [0.5, 0.6) is 0 Å². The summed E-state index contributed by atoms with van der Waals surface area (Å²) in [7, 11) is -3.70. The van der Waals surface area contributed by atoms with Crippen molar-refractivity contribution in [2.75, 3.05) is 0 Å². The van der Waals surface area contributed by atoms with Crippen LogP contribution in [-0.4, -0.2) is 13.4 Å². The quantitative estimate of drug-likeness (QED) is 0.868. The molecule has 0 saturated heterocycles. The summed E-state index contributed by atoms with van der Waals surface area (Å²) in [6.07, 6.45) is 1.39. The van der Waals surface area contributed by atoms with Gasteiger partial charge in [0.1, 0.15) is 16.7 Å². The highest BCUT2D eigenvalue weighted by Crippen LogP contribution is 2.31. The molecule has 20 heavy (non-hydrogen) atoms. The fourth-order valence-electron chi connectivity index (χ4n) is 1.70. The second-order valence-corrected chi connectivity index (χ2v) is 6.71. The summed E-state index contributed by atoms with van der Waals surface area (Å²) in [6, 6.07) is 9.31. The van der Waals surface area contributed by atoms with E-state index in [1.165, 1.54) is 30.5 Å². The molecule has 0 saturated carbocycles. The molecule has 0 bridgehead atoms. The molecule has 0 atom stereocenters. The molecule has 0 aliphatic carbocycles. The molecule has 0 radical (unpaired) electrons. The van der Waals surface area contributed by atoms with Crippen LogP contribution in [0.1, 0.15) is 11.3 Å². The zero-order valence-corrected chi connectivity index (χ0v) is 12.4. The van der Waals surface area contributed by atoms with Crippen molar-refractivity contribution in [3.05, 3.63) is 57.8 Å². The lowest BCUT2D eigenvalue weighted by Gasteiger charge is -2.08. The van der Waals surface area contributed by atoms with Gasteiger partial charge in [-0.05, 0) is 29.8 Å². The molecule has 1 aromatic heterocycles. The van der Waals surface area contributed by atoms with Gasteiger partial charge in [0.2, 0.25) is 0 Å². The second kappa shape index (κ2) is 5.80. The number of aromatic nitrogens is 1. The fraction of sp³-hybridized carbons (Fsp3) is 0.0769. The number of halogens is 2. The van der Waals surface area contributed by atoms with Crippen molar-refractivity contribution in [2.24, 2.45) is 0 Å². The smallest absolute Gasteiger partial charge is 0.185 e. The molecule has 0 spiro atoms. The predicted molar refractivity (Wildman–Crippen MR) is 76.3 cm³/mol. The molecule has 1 aromatic carbocycles. The summed E-state index contributed by atoms with van der Waals surface area (Å²) in [5.41, 5.74) is 0.607. The summed E-state index contributed by atoms with van der Waals surface area (Å²) in [5.74, 6) is -0.298. The summed E-state index contributed by atoms with van der Waals surface area (Å²) >= 11 is 11.8. The number of hydrogen-bond acceptors (Lipinski definition) is 4. The average molecular weight is 327 g/mol. The lowest BCUT2D eigenvalue weighted by Crippen LogP contribution is -2.07. The molecular formula is C13H8Cl2N2O2S. The Morgan fingerprint density at radius 2 is 1.85 bits per heavy atom. The van der Waals surface area contributed by atoms with E-state index < -0.39 is 9.84 Å². The Balaban J connectivity index is 2.44. The van der Waals surface area contributed by atoms with E-state index in [2.05, 4.69) is 4.98 Å². The van der Waals surface area contributed by atoms with Crippen LogP contribution in [0.25, 0.3) is 0 Å². The minimum Gasteiger partial charge on any atom is -0.246 e. The van der Waals surface area contributed by atoms with Gasteiger partial charge in [-0.25, -0.2) is 13.4 Å². The third kappa shape index (κ3) is 3.10. The van der Waals surface area contributed by atoms with Crippen LogP contribution in [0.4, 0.5) is 0 Å². The van der Waals surface area contributed by atoms with E-state index in [1.807, 2.05) is 6.07 Å². The summed E-state index contributed by atoms with van der Waals surface area (Å²) in [6.45, 7) is 0. The highest BCUT2D eigenvalue weighted by Gasteiger charge is 2.22. The number of nitrogens with zero attached hydrogens (tertiary/aromatic N) is 2. The number of hydrogen-bond donors (Lipinski definition) is 0. The topological polar surface area (TPSA) is 70.8 Å². The molecule has 7 heteroatoms. The highest BCUT2D eigenvalue weighted by atomic mass is 35.5. The van der Waals surface area contributed by atoms with Crippen molar-refractivity contribution in [3.63, 3.8) is 0 Å². The predicted octanol–water partition coefficient (Wildman–Crippen LogP) is 3.23. The van der Waals surface area contributed by atoms with Crippen LogP contribution in [0.3, 0.4) is 0 Å². The molecule has 0 fully saturated rings. The third-order valence-corrected chi connectivity index (χ3v) is 5.15. The van der Waals surface area contributed by atoms with Gasteiger partial charge in [0, 0.05) is 6.20 Å². The number of pyridine rings is 1. The largest absolute Gasteiger partial charge is 0.246 e. The van der Waals surface area contributed by atoms with Crippen molar-refractivity contribution in [1.82, 2.24) is 4.98 Å². The molecule has 0 N–H and O–H groups in total. The van der Waals surface area contributed by atoms with E-state index in [-0.39, 0.29) is 26.4 Å². The summed E-state index contributed by atoms with van der Waals surface area (Å²) in [4.78, 5) is 3.69. The van der Waals surface area contributed by atoms with Crippen LogP contribution >= 0.6 is 23.2 Å². The molecular weight excluding hydrogens is 319 g/mol. The lowest BCUT2D eigenvalue weighted by atomic mass is 10.2. The van der Waals surface area contributed by atoms with Gasteiger partial charge in [-0.2, -0.15) is 5.26 Å². The second-order valence-electron chi connectivity index (χ2n) is 3.97. The fourth-order valence-corrected chi connectivity index (χ4v) is 4.29. The Labute approximate surface area is 126 Å². The van der Waals surface area contributed by atoms with Crippen LogP contribution < -0.4 is 0 Å². The zero-order valence-electron chi connectivity index (χ0n) is 10.0. The van der Waals surface area contributed by atoms with E-state index in [9.17, 15) is 8.42 Å². The molecule has 2 rings (SSSR count). The number of rotatable bonds is 3. The van der Waals surface area contributed by atoms with Crippen molar-refractivity contribution in [1.29, 1.82) is 5.26 Å². The number of nitriles is 1.